The Labute approximate surface area is 91.4 Å². The zero-order valence-electron chi connectivity index (χ0n) is 9.51. The predicted molar refractivity (Wildman–Crippen MR) is 62.6 cm³/mol. The lowest BCUT2D eigenvalue weighted by Crippen LogP contribution is -2.05. The highest BCUT2D eigenvalue weighted by atomic mass is 16.1. The molecular formula is C13H18O2. The molecule has 0 aromatic rings. The molecule has 82 valence electrons. The minimum absolute atomic E-state index is 0.0306. The van der Waals surface area contributed by atoms with E-state index < -0.39 is 0 Å². The minimum atomic E-state index is -0.0306. The number of Topliss-reactive ketones (excluding diaryl/α,β-unsaturated/α-hetero) is 1. The Kier molecular flexibility index (Phi) is 6.27. The monoisotopic (exact) mass is 206 g/mol. The highest BCUT2D eigenvalue weighted by molar-refractivity contribution is 6.04. The van der Waals surface area contributed by atoms with E-state index in [1.807, 2.05) is 6.92 Å². The second-order valence-electron chi connectivity index (χ2n) is 3.46. The molecule has 0 atom stereocenters. The number of hydrogen-bond acceptors (Lipinski definition) is 2. The van der Waals surface area contributed by atoms with Gasteiger partial charge in [0, 0.05) is 17.6 Å². The summed E-state index contributed by atoms with van der Waals surface area (Å²) in [6.45, 7) is 11.0. The summed E-state index contributed by atoms with van der Waals surface area (Å²) in [5.41, 5.74) is 1.36. The fraction of sp³-hybridized carbons (Fsp3) is 0.385. The standard InChI is InChI=1S/C13H18O2/c1-5-7-8-13(15)11(6-2)12(9-14)10(3)4/h6,9H,2-3,5,7-8H2,1,4H3/b12-11+. The first kappa shape index (κ1) is 13.6. The number of rotatable bonds is 7. The number of ketones is 1. The van der Waals surface area contributed by atoms with Gasteiger partial charge in [0.1, 0.15) is 0 Å². The molecule has 0 bridgehead atoms. The molecule has 2 nitrogen and oxygen atoms in total. The lowest BCUT2D eigenvalue weighted by atomic mass is 9.97. The zero-order valence-corrected chi connectivity index (χ0v) is 9.51. The van der Waals surface area contributed by atoms with Crippen molar-refractivity contribution in [2.24, 2.45) is 0 Å². The summed E-state index contributed by atoms with van der Waals surface area (Å²) in [4.78, 5) is 22.5. The second kappa shape index (κ2) is 6.93. The molecule has 0 fully saturated rings. The third-order valence-electron chi connectivity index (χ3n) is 2.13. The molecule has 0 unspecified atom stereocenters. The number of hydrogen-bond donors (Lipinski definition) is 0. The van der Waals surface area contributed by atoms with Crippen LogP contribution >= 0.6 is 0 Å². The molecule has 0 aliphatic rings. The van der Waals surface area contributed by atoms with E-state index in [1.165, 1.54) is 6.08 Å². The van der Waals surface area contributed by atoms with Crippen LogP contribution in [0, 0.1) is 0 Å². The van der Waals surface area contributed by atoms with Crippen molar-refractivity contribution in [2.75, 3.05) is 0 Å². The highest BCUT2D eigenvalue weighted by Gasteiger charge is 2.11. The summed E-state index contributed by atoms with van der Waals surface area (Å²) in [7, 11) is 0. The number of unbranched alkanes of at least 4 members (excludes halogenated alkanes) is 1. The van der Waals surface area contributed by atoms with Crippen LogP contribution < -0.4 is 0 Å². The summed E-state index contributed by atoms with van der Waals surface area (Å²) in [5.74, 6) is -0.0306. The van der Waals surface area contributed by atoms with Gasteiger partial charge < -0.3 is 0 Å². The van der Waals surface area contributed by atoms with Gasteiger partial charge in [-0.3, -0.25) is 9.59 Å². The van der Waals surface area contributed by atoms with Crippen molar-refractivity contribution in [3.63, 3.8) is 0 Å². The van der Waals surface area contributed by atoms with Crippen LogP contribution in [0.5, 0.6) is 0 Å². The molecule has 0 saturated carbocycles. The lowest BCUT2D eigenvalue weighted by molar-refractivity contribution is -0.115. The summed E-state index contributed by atoms with van der Waals surface area (Å²) in [5, 5.41) is 0. The molecule has 2 heteroatoms. The Hall–Kier alpha value is -1.44. The van der Waals surface area contributed by atoms with Crippen molar-refractivity contribution in [2.45, 2.75) is 33.1 Å². The maximum Gasteiger partial charge on any atom is 0.163 e. The Balaban J connectivity index is 5.01. The highest BCUT2D eigenvalue weighted by Crippen LogP contribution is 2.15. The molecule has 0 heterocycles. The lowest BCUT2D eigenvalue weighted by Gasteiger charge is -2.05. The van der Waals surface area contributed by atoms with Crippen molar-refractivity contribution in [1.82, 2.24) is 0 Å². The Morgan fingerprint density at radius 1 is 1.33 bits per heavy atom. The van der Waals surface area contributed by atoms with Crippen LogP contribution in [0.1, 0.15) is 33.1 Å². The van der Waals surface area contributed by atoms with Crippen molar-refractivity contribution in [3.8, 4) is 0 Å². The maximum atomic E-state index is 11.7. The van der Waals surface area contributed by atoms with E-state index in [0.29, 0.717) is 29.4 Å². The Bertz CT molecular complexity index is 308. The van der Waals surface area contributed by atoms with Gasteiger partial charge in [-0.1, -0.05) is 32.6 Å². The molecule has 15 heavy (non-hydrogen) atoms. The number of carbonyl (C=O) groups is 2. The molecule has 0 saturated heterocycles. The normalized spacial score (nSPS) is 11.6. The first-order valence-electron chi connectivity index (χ1n) is 5.09. The van der Waals surface area contributed by atoms with Crippen LogP contribution in [0.15, 0.2) is 36.0 Å². The van der Waals surface area contributed by atoms with Crippen LogP contribution in [-0.2, 0) is 9.59 Å². The van der Waals surface area contributed by atoms with E-state index in [4.69, 9.17) is 0 Å². The molecule has 0 aromatic heterocycles. The fourth-order valence-electron chi connectivity index (χ4n) is 1.24. The topological polar surface area (TPSA) is 34.1 Å². The number of carbonyl (C=O) groups excluding carboxylic acids is 2. The summed E-state index contributed by atoms with van der Waals surface area (Å²) < 4.78 is 0. The van der Waals surface area contributed by atoms with Crippen LogP contribution in [0.2, 0.25) is 0 Å². The Morgan fingerprint density at radius 2 is 1.93 bits per heavy atom. The van der Waals surface area contributed by atoms with E-state index in [9.17, 15) is 9.59 Å². The summed E-state index contributed by atoms with van der Waals surface area (Å²) in [6.07, 6.45) is 4.36. The molecule has 0 spiro atoms. The van der Waals surface area contributed by atoms with Crippen molar-refractivity contribution in [3.05, 3.63) is 36.0 Å². The van der Waals surface area contributed by atoms with Crippen molar-refractivity contribution < 1.29 is 9.59 Å². The van der Waals surface area contributed by atoms with Crippen molar-refractivity contribution >= 4 is 12.1 Å². The van der Waals surface area contributed by atoms with Crippen LogP contribution in [0.4, 0.5) is 0 Å². The van der Waals surface area contributed by atoms with Gasteiger partial charge in [-0.2, -0.15) is 0 Å². The molecule has 0 radical (unpaired) electrons. The predicted octanol–water partition coefficient (Wildman–Crippen LogP) is 3.00. The smallest absolute Gasteiger partial charge is 0.163 e. The third-order valence-corrected chi connectivity index (χ3v) is 2.13. The molecule has 0 aliphatic heterocycles. The van der Waals surface area contributed by atoms with Gasteiger partial charge in [-0.05, 0) is 18.9 Å². The van der Waals surface area contributed by atoms with Crippen LogP contribution in [-0.4, -0.2) is 12.1 Å². The zero-order chi connectivity index (χ0) is 11.8. The molecule has 0 N–H and O–H groups in total. The first-order valence-corrected chi connectivity index (χ1v) is 5.09. The maximum absolute atomic E-state index is 11.7. The van der Waals surface area contributed by atoms with Gasteiger partial charge in [0.15, 0.2) is 12.1 Å². The molecule has 0 aliphatic carbocycles. The van der Waals surface area contributed by atoms with E-state index in [2.05, 4.69) is 13.2 Å². The van der Waals surface area contributed by atoms with E-state index >= 15 is 0 Å². The number of aldehydes is 1. The minimum Gasteiger partial charge on any atom is -0.298 e. The molecule has 0 rings (SSSR count). The fourth-order valence-corrected chi connectivity index (χ4v) is 1.24. The van der Waals surface area contributed by atoms with Gasteiger partial charge in [0.25, 0.3) is 0 Å². The summed E-state index contributed by atoms with van der Waals surface area (Å²) in [6, 6.07) is 0. The summed E-state index contributed by atoms with van der Waals surface area (Å²) >= 11 is 0. The van der Waals surface area contributed by atoms with Crippen molar-refractivity contribution in [1.29, 1.82) is 0 Å². The van der Waals surface area contributed by atoms with E-state index in [-0.39, 0.29) is 5.78 Å². The van der Waals surface area contributed by atoms with Crippen LogP contribution in [0.3, 0.4) is 0 Å². The van der Waals surface area contributed by atoms with Gasteiger partial charge >= 0.3 is 0 Å². The molecule has 0 aromatic carbocycles. The largest absolute Gasteiger partial charge is 0.298 e. The Morgan fingerprint density at radius 3 is 2.27 bits per heavy atom. The van der Waals surface area contributed by atoms with Gasteiger partial charge in [0.2, 0.25) is 0 Å². The number of allylic oxidation sites excluding steroid dienone is 4. The average molecular weight is 206 g/mol. The first-order chi connectivity index (χ1) is 7.08. The second-order valence-corrected chi connectivity index (χ2v) is 3.46. The molecular weight excluding hydrogens is 188 g/mol. The SMILES string of the molecule is C=C/C(C(=O)CCCC)=C(/C=O)C(=C)C. The van der Waals surface area contributed by atoms with Gasteiger partial charge in [0.05, 0.1) is 0 Å². The van der Waals surface area contributed by atoms with E-state index in [1.54, 1.807) is 6.92 Å². The van der Waals surface area contributed by atoms with Crippen LogP contribution in [0.25, 0.3) is 0 Å². The van der Waals surface area contributed by atoms with E-state index in [0.717, 1.165) is 12.8 Å². The molecule has 0 amide bonds. The average Bonchev–Trinajstić information content (AvgIpc) is 2.21. The quantitative estimate of drug-likeness (QED) is 0.364. The third kappa shape index (κ3) is 4.07. The van der Waals surface area contributed by atoms with Gasteiger partial charge in [-0.15, -0.1) is 0 Å². The van der Waals surface area contributed by atoms with Gasteiger partial charge in [-0.25, -0.2) is 0 Å².